The van der Waals surface area contributed by atoms with Crippen LogP contribution in [0.4, 0.5) is 18.9 Å². The molecule has 114 valence electrons. The van der Waals surface area contributed by atoms with Crippen LogP contribution >= 0.6 is 15.9 Å². The average molecular weight is 376 g/mol. The minimum atomic E-state index is -4.41. The highest BCUT2D eigenvalue weighted by molar-refractivity contribution is 9.10. The summed E-state index contributed by atoms with van der Waals surface area (Å²) in [7, 11) is -3.63. The van der Waals surface area contributed by atoms with Crippen molar-refractivity contribution >= 4 is 31.5 Å². The van der Waals surface area contributed by atoms with Gasteiger partial charge in [0.25, 0.3) is 0 Å². The van der Waals surface area contributed by atoms with E-state index < -0.39 is 22.6 Å². The Bertz CT molecular complexity index is 561. The third-order valence-corrected chi connectivity index (χ3v) is 4.64. The van der Waals surface area contributed by atoms with Gasteiger partial charge in [-0.1, -0.05) is 15.9 Å². The van der Waals surface area contributed by atoms with Crippen LogP contribution in [0.3, 0.4) is 0 Å². The summed E-state index contributed by atoms with van der Waals surface area (Å²) >= 11 is 3.15. The van der Waals surface area contributed by atoms with Gasteiger partial charge in [0.1, 0.15) is 6.61 Å². The van der Waals surface area contributed by atoms with Crippen molar-refractivity contribution in [1.29, 1.82) is 0 Å². The SMILES string of the molecule is Nc1cc(Br)ccc1S(=O)(=O)CCCOCC(F)(F)F. The van der Waals surface area contributed by atoms with Crippen LogP contribution < -0.4 is 5.73 Å². The van der Waals surface area contributed by atoms with Crippen molar-refractivity contribution in [2.45, 2.75) is 17.5 Å². The van der Waals surface area contributed by atoms with Crippen LogP contribution in [-0.2, 0) is 14.6 Å². The lowest BCUT2D eigenvalue weighted by Crippen LogP contribution is -2.18. The average Bonchev–Trinajstić information content (AvgIpc) is 2.26. The van der Waals surface area contributed by atoms with Gasteiger partial charge in [-0.2, -0.15) is 13.2 Å². The molecule has 20 heavy (non-hydrogen) atoms. The fourth-order valence-electron chi connectivity index (χ4n) is 1.45. The standard InChI is InChI=1S/C11H13BrF3NO3S/c12-8-2-3-10(9(16)6-8)20(17,18)5-1-4-19-7-11(13,14)15/h2-3,6H,1,4-5,7,16H2. The molecule has 0 unspecified atom stereocenters. The van der Waals surface area contributed by atoms with E-state index in [0.717, 1.165) is 0 Å². The molecule has 0 aliphatic rings. The van der Waals surface area contributed by atoms with Crippen molar-refractivity contribution in [1.82, 2.24) is 0 Å². The Kier molecular flexibility index (Phi) is 5.84. The van der Waals surface area contributed by atoms with E-state index in [1.54, 1.807) is 0 Å². The zero-order valence-electron chi connectivity index (χ0n) is 10.3. The first-order chi connectivity index (χ1) is 9.12. The first-order valence-corrected chi connectivity index (χ1v) is 7.98. The first-order valence-electron chi connectivity index (χ1n) is 5.54. The molecule has 4 nitrogen and oxygen atoms in total. The fraction of sp³-hybridized carbons (Fsp3) is 0.455. The second-order valence-electron chi connectivity index (χ2n) is 4.02. The topological polar surface area (TPSA) is 69.4 Å². The predicted octanol–water partition coefficient (Wildman–Crippen LogP) is 2.77. The minimum absolute atomic E-state index is 0.0310. The minimum Gasteiger partial charge on any atom is -0.398 e. The molecule has 1 rings (SSSR count). The van der Waals surface area contributed by atoms with Crippen LogP contribution in [-0.4, -0.2) is 33.6 Å². The van der Waals surface area contributed by atoms with E-state index in [1.165, 1.54) is 18.2 Å². The molecule has 0 bridgehead atoms. The summed E-state index contributed by atoms with van der Waals surface area (Å²) in [5.41, 5.74) is 5.70. The smallest absolute Gasteiger partial charge is 0.398 e. The lowest BCUT2D eigenvalue weighted by atomic mass is 10.3. The van der Waals surface area contributed by atoms with Gasteiger partial charge in [-0.3, -0.25) is 0 Å². The van der Waals surface area contributed by atoms with Gasteiger partial charge in [-0.15, -0.1) is 0 Å². The highest BCUT2D eigenvalue weighted by Crippen LogP contribution is 2.24. The first kappa shape index (κ1) is 17.3. The van der Waals surface area contributed by atoms with E-state index >= 15 is 0 Å². The lowest BCUT2D eigenvalue weighted by molar-refractivity contribution is -0.173. The molecule has 9 heteroatoms. The molecule has 0 aliphatic heterocycles. The Morgan fingerprint density at radius 1 is 1.30 bits per heavy atom. The van der Waals surface area contributed by atoms with Crippen molar-refractivity contribution in [3.05, 3.63) is 22.7 Å². The highest BCUT2D eigenvalue weighted by atomic mass is 79.9. The molecule has 0 saturated carbocycles. The second kappa shape index (κ2) is 6.77. The molecule has 0 radical (unpaired) electrons. The maximum Gasteiger partial charge on any atom is 0.411 e. The number of sulfone groups is 1. The quantitative estimate of drug-likeness (QED) is 0.613. The Labute approximate surface area is 123 Å². The number of halogens is 4. The summed E-state index contributed by atoms with van der Waals surface area (Å²) in [4.78, 5) is -0.0310. The monoisotopic (exact) mass is 375 g/mol. The molecule has 0 spiro atoms. The maximum atomic E-state index is 12.0. The van der Waals surface area contributed by atoms with Gasteiger partial charge < -0.3 is 10.5 Å². The molecular weight excluding hydrogens is 363 g/mol. The molecule has 0 fully saturated rings. The maximum absolute atomic E-state index is 12.0. The van der Waals surface area contributed by atoms with Crippen molar-refractivity contribution in [3.8, 4) is 0 Å². The molecule has 0 amide bonds. The van der Waals surface area contributed by atoms with Crippen molar-refractivity contribution in [2.75, 3.05) is 24.7 Å². The van der Waals surface area contributed by atoms with Gasteiger partial charge in [0.05, 0.1) is 16.3 Å². The van der Waals surface area contributed by atoms with Crippen LogP contribution in [0, 0.1) is 0 Å². The van der Waals surface area contributed by atoms with Gasteiger partial charge in [-0.05, 0) is 24.6 Å². The number of nitrogen functional groups attached to an aromatic ring is 1. The number of hydrogen-bond acceptors (Lipinski definition) is 4. The molecule has 0 atom stereocenters. The number of benzene rings is 1. The third-order valence-electron chi connectivity index (χ3n) is 2.27. The Morgan fingerprint density at radius 3 is 2.50 bits per heavy atom. The number of alkyl halides is 3. The molecule has 2 N–H and O–H groups in total. The van der Waals surface area contributed by atoms with Crippen LogP contribution in [0.25, 0.3) is 0 Å². The van der Waals surface area contributed by atoms with E-state index in [9.17, 15) is 21.6 Å². The zero-order valence-corrected chi connectivity index (χ0v) is 12.7. The second-order valence-corrected chi connectivity index (χ2v) is 7.02. The number of hydrogen-bond donors (Lipinski definition) is 1. The summed E-state index contributed by atoms with van der Waals surface area (Å²) in [5.74, 6) is -0.323. The van der Waals surface area contributed by atoms with Crippen LogP contribution in [0.15, 0.2) is 27.6 Å². The van der Waals surface area contributed by atoms with Crippen LogP contribution in [0.2, 0.25) is 0 Å². The van der Waals surface area contributed by atoms with E-state index in [1.807, 2.05) is 0 Å². The summed E-state index contributed by atoms with van der Waals surface area (Å²) in [5, 5.41) is 0. The van der Waals surface area contributed by atoms with Gasteiger partial charge in [0.15, 0.2) is 9.84 Å². The molecule has 0 aromatic heterocycles. The molecule has 0 saturated heterocycles. The number of nitrogens with two attached hydrogens (primary N) is 1. The van der Waals surface area contributed by atoms with Crippen LogP contribution in [0.1, 0.15) is 6.42 Å². The van der Waals surface area contributed by atoms with Crippen molar-refractivity contribution < 1.29 is 26.3 Å². The van der Waals surface area contributed by atoms with Crippen molar-refractivity contribution in [2.24, 2.45) is 0 Å². The van der Waals surface area contributed by atoms with Gasteiger partial charge >= 0.3 is 6.18 Å². The normalized spacial score (nSPS) is 12.6. The van der Waals surface area contributed by atoms with Gasteiger partial charge in [0, 0.05) is 11.1 Å². The Morgan fingerprint density at radius 2 is 1.95 bits per heavy atom. The van der Waals surface area contributed by atoms with E-state index in [4.69, 9.17) is 5.73 Å². The van der Waals surface area contributed by atoms with E-state index in [2.05, 4.69) is 20.7 Å². The van der Waals surface area contributed by atoms with E-state index in [0.29, 0.717) is 4.47 Å². The zero-order chi connectivity index (χ0) is 15.4. The summed E-state index contributed by atoms with van der Waals surface area (Å²) in [6.45, 7) is -1.66. The fourth-order valence-corrected chi connectivity index (χ4v) is 3.24. The van der Waals surface area contributed by atoms with Crippen molar-refractivity contribution in [3.63, 3.8) is 0 Å². The summed E-state index contributed by atoms with van der Waals surface area (Å²) in [6.07, 6.45) is -4.44. The largest absolute Gasteiger partial charge is 0.411 e. The van der Waals surface area contributed by atoms with E-state index in [-0.39, 0.29) is 29.4 Å². The molecule has 0 aliphatic carbocycles. The lowest BCUT2D eigenvalue weighted by Gasteiger charge is -2.09. The van der Waals surface area contributed by atoms with Gasteiger partial charge in [0.2, 0.25) is 0 Å². The molecule has 1 aromatic rings. The van der Waals surface area contributed by atoms with Gasteiger partial charge in [-0.25, -0.2) is 8.42 Å². The Balaban J connectivity index is 2.54. The van der Waals surface area contributed by atoms with Crippen LogP contribution in [0.5, 0.6) is 0 Å². The molecule has 0 heterocycles. The number of ether oxygens (including phenoxy) is 1. The highest BCUT2D eigenvalue weighted by Gasteiger charge is 2.27. The summed E-state index contributed by atoms with van der Waals surface area (Å²) in [6, 6.07) is 4.34. The summed E-state index contributed by atoms with van der Waals surface area (Å²) < 4.78 is 64.3. The molecular formula is C11H13BrF3NO3S. The number of rotatable bonds is 6. The molecule has 1 aromatic carbocycles. The predicted molar refractivity (Wildman–Crippen MR) is 72.1 cm³/mol. The Hall–Kier alpha value is -0.800. The third kappa shape index (κ3) is 5.68. The number of anilines is 1.